The molecule has 0 bridgehead atoms. The lowest BCUT2D eigenvalue weighted by molar-refractivity contribution is 0.647. The van der Waals surface area contributed by atoms with Gasteiger partial charge in [-0.05, 0) is 12.5 Å². The maximum atomic E-state index is 4.26. The van der Waals surface area contributed by atoms with Gasteiger partial charge in [0, 0.05) is 18.2 Å². The molecule has 1 atom stereocenters. The van der Waals surface area contributed by atoms with Gasteiger partial charge in [0.05, 0.1) is 0 Å². The first-order valence-corrected chi connectivity index (χ1v) is 6.69. The molecule has 0 aliphatic carbocycles. The molecule has 0 saturated carbocycles. The summed E-state index contributed by atoms with van der Waals surface area (Å²) in [5.41, 5.74) is 4.66. The zero-order valence-electron chi connectivity index (χ0n) is 9.63. The fraction of sp³-hybridized carbons (Fsp3) is 0.333. The van der Waals surface area contributed by atoms with Crippen LogP contribution in [0.1, 0.15) is 18.3 Å². The maximum absolute atomic E-state index is 4.26. The molecule has 1 aliphatic rings. The summed E-state index contributed by atoms with van der Waals surface area (Å²) in [6.45, 7) is 2.17. The third-order valence-corrected chi connectivity index (χ3v) is 3.91. The second-order valence-electron chi connectivity index (χ2n) is 4.24. The van der Waals surface area contributed by atoms with Gasteiger partial charge in [0.25, 0.3) is 0 Å². The van der Waals surface area contributed by atoms with E-state index >= 15 is 0 Å². The van der Waals surface area contributed by atoms with E-state index in [4.69, 9.17) is 0 Å². The molecule has 1 aliphatic heterocycles. The zero-order valence-corrected chi connectivity index (χ0v) is 10.4. The van der Waals surface area contributed by atoms with Crippen LogP contribution in [0, 0.1) is 0 Å². The molecule has 4 nitrogen and oxygen atoms in total. The molecule has 3 rings (SSSR count). The SMILES string of the molecule is CC1CSc2nnc(Cc3ccccc3)n2N1. The lowest BCUT2D eigenvalue weighted by atomic mass is 10.1. The number of aromatic nitrogens is 3. The quantitative estimate of drug-likeness (QED) is 0.879. The van der Waals surface area contributed by atoms with Crippen molar-refractivity contribution in [2.45, 2.75) is 24.5 Å². The Morgan fingerprint density at radius 3 is 3.00 bits per heavy atom. The minimum atomic E-state index is 0.457. The van der Waals surface area contributed by atoms with Gasteiger partial charge >= 0.3 is 0 Å². The van der Waals surface area contributed by atoms with Crippen LogP contribution in [0.3, 0.4) is 0 Å². The van der Waals surface area contributed by atoms with Gasteiger partial charge in [-0.2, -0.15) is 0 Å². The van der Waals surface area contributed by atoms with Gasteiger partial charge in [-0.15, -0.1) is 10.2 Å². The Hall–Kier alpha value is -1.49. The highest BCUT2D eigenvalue weighted by Crippen LogP contribution is 2.22. The largest absolute Gasteiger partial charge is 0.319 e. The Bertz CT molecular complexity index is 508. The molecule has 2 aromatic rings. The van der Waals surface area contributed by atoms with E-state index in [0.29, 0.717) is 6.04 Å². The average Bonchev–Trinajstić information content (AvgIpc) is 2.73. The first-order chi connectivity index (χ1) is 8.33. The third kappa shape index (κ3) is 2.15. The number of hydrogen-bond acceptors (Lipinski definition) is 4. The Morgan fingerprint density at radius 2 is 2.18 bits per heavy atom. The van der Waals surface area contributed by atoms with Crippen LogP contribution in [0.25, 0.3) is 0 Å². The number of benzene rings is 1. The lowest BCUT2D eigenvalue weighted by Gasteiger charge is -2.22. The molecule has 0 radical (unpaired) electrons. The number of rotatable bonds is 2. The molecule has 5 heteroatoms. The summed E-state index contributed by atoms with van der Waals surface area (Å²) in [5.74, 6) is 2.02. The second-order valence-corrected chi connectivity index (χ2v) is 5.22. The molecule has 1 unspecified atom stereocenters. The average molecular weight is 246 g/mol. The molecule has 0 fully saturated rings. The van der Waals surface area contributed by atoms with Crippen molar-refractivity contribution in [3.63, 3.8) is 0 Å². The summed E-state index contributed by atoms with van der Waals surface area (Å²) in [6, 6.07) is 10.8. The molecule has 17 heavy (non-hydrogen) atoms. The van der Waals surface area contributed by atoms with Gasteiger partial charge in [0.1, 0.15) is 0 Å². The van der Waals surface area contributed by atoms with Gasteiger partial charge in [-0.3, -0.25) is 0 Å². The van der Waals surface area contributed by atoms with Gasteiger partial charge < -0.3 is 5.43 Å². The summed E-state index contributed by atoms with van der Waals surface area (Å²) < 4.78 is 2.02. The first kappa shape index (κ1) is 10.7. The second kappa shape index (κ2) is 4.41. The minimum Gasteiger partial charge on any atom is -0.319 e. The van der Waals surface area contributed by atoms with E-state index in [2.05, 4.69) is 34.7 Å². The van der Waals surface area contributed by atoms with E-state index in [-0.39, 0.29) is 0 Å². The van der Waals surface area contributed by atoms with Gasteiger partial charge in [0.2, 0.25) is 5.16 Å². The number of hydrogen-bond donors (Lipinski definition) is 1. The summed E-state index contributed by atoms with van der Waals surface area (Å²) >= 11 is 1.76. The van der Waals surface area contributed by atoms with E-state index in [1.807, 2.05) is 22.9 Å². The highest BCUT2D eigenvalue weighted by atomic mass is 32.2. The van der Waals surface area contributed by atoms with Gasteiger partial charge in [0.15, 0.2) is 5.82 Å². The van der Waals surface area contributed by atoms with E-state index < -0.39 is 0 Å². The molecular weight excluding hydrogens is 232 g/mol. The Kier molecular flexibility index (Phi) is 2.76. The number of thioether (sulfide) groups is 1. The van der Waals surface area contributed by atoms with Crippen molar-refractivity contribution in [3.8, 4) is 0 Å². The molecule has 1 aromatic carbocycles. The van der Waals surface area contributed by atoms with E-state index in [1.54, 1.807) is 11.8 Å². The Balaban J connectivity index is 1.87. The molecule has 0 saturated heterocycles. The first-order valence-electron chi connectivity index (χ1n) is 5.70. The van der Waals surface area contributed by atoms with Crippen molar-refractivity contribution >= 4 is 11.8 Å². The zero-order chi connectivity index (χ0) is 11.7. The number of nitrogens with one attached hydrogen (secondary N) is 1. The molecular formula is C12H14N4S. The Labute approximate surface area is 104 Å². The van der Waals surface area contributed by atoms with Gasteiger partial charge in [-0.1, -0.05) is 42.1 Å². The minimum absolute atomic E-state index is 0.457. The van der Waals surface area contributed by atoms with Gasteiger partial charge in [-0.25, -0.2) is 4.68 Å². The van der Waals surface area contributed by atoms with Crippen molar-refractivity contribution < 1.29 is 0 Å². The standard InChI is InChI=1S/C12H14N4S/c1-9-8-17-12-14-13-11(16(12)15-9)7-10-5-3-2-4-6-10/h2-6,9,15H,7-8H2,1H3. The fourth-order valence-corrected chi connectivity index (χ4v) is 2.73. The Morgan fingerprint density at radius 1 is 1.35 bits per heavy atom. The monoisotopic (exact) mass is 246 g/mol. The maximum Gasteiger partial charge on any atom is 0.210 e. The van der Waals surface area contributed by atoms with Crippen LogP contribution in [-0.4, -0.2) is 26.7 Å². The molecule has 0 amide bonds. The van der Waals surface area contributed by atoms with E-state index in [0.717, 1.165) is 23.2 Å². The molecule has 2 heterocycles. The molecule has 0 spiro atoms. The summed E-state index contributed by atoms with van der Waals surface area (Å²) in [6.07, 6.45) is 0.814. The van der Waals surface area contributed by atoms with Crippen LogP contribution in [0.15, 0.2) is 35.5 Å². The van der Waals surface area contributed by atoms with E-state index in [1.165, 1.54) is 5.56 Å². The highest BCUT2D eigenvalue weighted by molar-refractivity contribution is 7.99. The normalized spacial score (nSPS) is 18.5. The predicted octanol–water partition coefficient (Wildman–Crippen LogP) is 1.91. The predicted molar refractivity (Wildman–Crippen MR) is 68.8 cm³/mol. The molecule has 1 N–H and O–H groups in total. The highest BCUT2D eigenvalue weighted by Gasteiger charge is 2.19. The van der Waals surface area contributed by atoms with Crippen LogP contribution in [0.2, 0.25) is 0 Å². The van der Waals surface area contributed by atoms with Crippen molar-refractivity contribution in [1.29, 1.82) is 0 Å². The number of nitrogens with zero attached hydrogens (tertiary/aromatic N) is 3. The van der Waals surface area contributed by atoms with E-state index in [9.17, 15) is 0 Å². The van der Waals surface area contributed by atoms with Crippen molar-refractivity contribution in [1.82, 2.24) is 14.9 Å². The van der Waals surface area contributed by atoms with Crippen LogP contribution in [0.5, 0.6) is 0 Å². The molecule has 88 valence electrons. The number of fused-ring (bicyclic) bond motifs is 1. The summed E-state index contributed by atoms with van der Waals surface area (Å²) in [5, 5.41) is 9.42. The fourth-order valence-electron chi connectivity index (χ4n) is 1.87. The topological polar surface area (TPSA) is 42.7 Å². The molecule has 1 aromatic heterocycles. The summed E-state index contributed by atoms with van der Waals surface area (Å²) in [4.78, 5) is 0. The van der Waals surface area contributed by atoms with Crippen LogP contribution >= 0.6 is 11.8 Å². The lowest BCUT2D eigenvalue weighted by Crippen LogP contribution is -2.33. The smallest absolute Gasteiger partial charge is 0.210 e. The van der Waals surface area contributed by atoms with Crippen LogP contribution in [-0.2, 0) is 6.42 Å². The summed E-state index contributed by atoms with van der Waals surface area (Å²) in [7, 11) is 0. The van der Waals surface area contributed by atoms with Crippen LogP contribution in [0.4, 0.5) is 0 Å². The van der Waals surface area contributed by atoms with Crippen LogP contribution < -0.4 is 5.43 Å². The van der Waals surface area contributed by atoms with Crippen molar-refractivity contribution in [2.75, 3.05) is 11.2 Å². The van der Waals surface area contributed by atoms with Crippen molar-refractivity contribution in [3.05, 3.63) is 41.7 Å². The van der Waals surface area contributed by atoms with Crippen molar-refractivity contribution in [2.24, 2.45) is 0 Å². The third-order valence-electron chi connectivity index (χ3n) is 2.72.